The molecule has 0 bridgehead atoms. The standard InChI is InChI=1S/C13H9FN2O2S/c14-10-1-3-11(4-2-10)18-8-12(17)16-13-9(7-15)5-6-19-13/h1-6H,8H2,(H,16,17). The highest BCUT2D eigenvalue weighted by Gasteiger charge is 2.08. The summed E-state index contributed by atoms with van der Waals surface area (Å²) >= 11 is 1.27. The van der Waals surface area contributed by atoms with Gasteiger partial charge in [-0.05, 0) is 35.7 Å². The summed E-state index contributed by atoms with van der Waals surface area (Å²) in [6, 6.07) is 8.98. The van der Waals surface area contributed by atoms with E-state index in [1.807, 2.05) is 6.07 Å². The second-order valence-electron chi connectivity index (χ2n) is 3.57. The van der Waals surface area contributed by atoms with Gasteiger partial charge in [0.15, 0.2) is 6.61 Å². The van der Waals surface area contributed by atoms with Gasteiger partial charge in [-0.1, -0.05) is 0 Å². The van der Waals surface area contributed by atoms with E-state index in [-0.39, 0.29) is 18.3 Å². The Morgan fingerprint density at radius 2 is 2.11 bits per heavy atom. The average Bonchev–Trinajstić information content (AvgIpc) is 2.85. The summed E-state index contributed by atoms with van der Waals surface area (Å²) in [4.78, 5) is 11.6. The predicted molar refractivity (Wildman–Crippen MR) is 69.6 cm³/mol. The zero-order chi connectivity index (χ0) is 13.7. The number of nitriles is 1. The predicted octanol–water partition coefficient (Wildman–Crippen LogP) is 2.78. The Bertz CT molecular complexity index is 616. The molecular weight excluding hydrogens is 267 g/mol. The van der Waals surface area contributed by atoms with E-state index in [1.165, 1.54) is 35.6 Å². The third-order valence-corrected chi connectivity index (χ3v) is 3.05. The number of nitrogens with one attached hydrogen (secondary N) is 1. The number of anilines is 1. The zero-order valence-electron chi connectivity index (χ0n) is 9.72. The molecule has 0 fully saturated rings. The van der Waals surface area contributed by atoms with Crippen LogP contribution in [0.4, 0.5) is 9.39 Å². The molecule has 0 saturated heterocycles. The molecule has 0 aliphatic carbocycles. The highest BCUT2D eigenvalue weighted by atomic mass is 32.1. The van der Waals surface area contributed by atoms with Gasteiger partial charge in [-0.15, -0.1) is 11.3 Å². The van der Waals surface area contributed by atoms with Gasteiger partial charge >= 0.3 is 0 Å². The van der Waals surface area contributed by atoms with E-state index in [4.69, 9.17) is 10.00 Å². The minimum atomic E-state index is -0.372. The lowest BCUT2D eigenvalue weighted by Crippen LogP contribution is -2.19. The zero-order valence-corrected chi connectivity index (χ0v) is 10.5. The molecule has 4 nitrogen and oxygen atoms in total. The Labute approximate surface area is 113 Å². The fourth-order valence-corrected chi connectivity index (χ4v) is 2.09. The van der Waals surface area contributed by atoms with Gasteiger partial charge in [0, 0.05) is 0 Å². The fraction of sp³-hybridized carbons (Fsp3) is 0.0769. The van der Waals surface area contributed by atoms with E-state index in [1.54, 1.807) is 11.4 Å². The van der Waals surface area contributed by atoms with Crippen LogP contribution >= 0.6 is 11.3 Å². The van der Waals surface area contributed by atoms with Crippen LogP contribution in [0.25, 0.3) is 0 Å². The molecule has 0 aliphatic rings. The number of carbonyl (C=O) groups is 1. The van der Waals surface area contributed by atoms with Crippen molar-refractivity contribution < 1.29 is 13.9 Å². The normalized spacial score (nSPS) is 9.68. The molecular formula is C13H9FN2O2S. The summed E-state index contributed by atoms with van der Waals surface area (Å²) in [6.07, 6.45) is 0. The number of nitrogens with zero attached hydrogens (tertiary/aromatic N) is 1. The minimum Gasteiger partial charge on any atom is -0.484 e. The van der Waals surface area contributed by atoms with Gasteiger partial charge in [0.1, 0.15) is 22.6 Å². The third kappa shape index (κ3) is 3.53. The van der Waals surface area contributed by atoms with Crippen molar-refractivity contribution in [2.75, 3.05) is 11.9 Å². The van der Waals surface area contributed by atoms with Crippen LogP contribution in [0.2, 0.25) is 0 Å². The van der Waals surface area contributed by atoms with Crippen molar-refractivity contribution in [2.24, 2.45) is 0 Å². The highest BCUT2D eigenvalue weighted by molar-refractivity contribution is 7.14. The van der Waals surface area contributed by atoms with Crippen LogP contribution in [-0.2, 0) is 4.79 Å². The fourth-order valence-electron chi connectivity index (χ4n) is 1.34. The Balaban J connectivity index is 1.89. The molecule has 0 unspecified atom stereocenters. The molecule has 19 heavy (non-hydrogen) atoms. The second kappa shape index (κ2) is 5.98. The smallest absolute Gasteiger partial charge is 0.262 e. The number of hydrogen-bond donors (Lipinski definition) is 1. The molecule has 2 rings (SSSR count). The van der Waals surface area contributed by atoms with Crippen molar-refractivity contribution in [2.45, 2.75) is 0 Å². The SMILES string of the molecule is N#Cc1ccsc1NC(=O)COc1ccc(F)cc1. The first-order valence-corrected chi connectivity index (χ1v) is 6.23. The van der Waals surface area contributed by atoms with Crippen LogP contribution in [0.5, 0.6) is 5.75 Å². The molecule has 0 atom stereocenters. The molecule has 1 heterocycles. The largest absolute Gasteiger partial charge is 0.484 e. The molecule has 0 radical (unpaired) electrons. The summed E-state index contributed by atoms with van der Waals surface area (Å²) in [7, 11) is 0. The maximum atomic E-state index is 12.7. The van der Waals surface area contributed by atoms with Gasteiger partial charge < -0.3 is 10.1 Å². The van der Waals surface area contributed by atoms with Crippen molar-refractivity contribution in [3.8, 4) is 11.8 Å². The molecule has 2 aromatic rings. The maximum Gasteiger partial charge on any atom is 0.262 e. The number of benzene rings is 1. The number of halogens is 1. The van der Waals surface area contributed by atoms with Crippen LogP contribution in [-0.4, -0.2) is 12.5 Å². The van der Waals surface area contributed by atoms with Crippen LogP contribution < -0.4 is 10.1 Å². The lowest BCUT2D eigenvalue weighted by molar-refractivity contribution is -0.118. The lowest BCUT2D eigenvalue weighted by atomic mass is 10.3. The molecule has 1 N–H and O–H groups in total. The van der Waals surface area contributed by atoms with Crippen molar-refractivity contribution in [3.05, 3.63) is 47.1 Å². The van der Waals surface area contributed by atoms with Gasteiger partial charge in [-0.3, -0.25) is 4.79 Å². The number of rotatable bonds is 4. The first-order chi connectivity index (χ1) is 9.19. The number of amides is 1. The van der Waals surface area contributed by atoms with Crippen molar-refractivity contribution in [1.82, 2.24) is 0 Å². The van der Waals surface area contributed by atoms with Gasteiger partial charge in [0.25, 0.3) is 5.91 Å². The van der Waals surface area contributed by atoms with Crippen molar-refractivity contribution in [1.29, 1.82) is 5.26 Å². The molecule has 1 aromatic heterocycles. The van der Waals surface area contributed by atoms with E-state index < -0.39 is 0 Å². The molecule has 1 aromatic carbocycles. The Hall–Kier alpha value is -2.39. The molecule has 96 valence electrons. The van der Waals surface area contributed by atoms with Crippen LogP contribution in [0, 0.1) is 17.1 Å². The molecule has 1 amide bonds. The summed E-state index contributed by atoms with van der Waals surface area (Å²) < 4.78 is 17.8. The van der Waals surface area contributed by atoms with Crippen LogP contribution in [0.15, 0.2) is 35.7 Å². The van der Waals surface area contributed by atoms with Crippen LogP contribution in [0.3, 0.4) is 0 Å². The number of carbonyl (C=O) groups excluding carboxylic acids is 1. The average molecular weight is 276 g/mol. The molecule has 0 spiro atoms. The Morgan fingerprint density at radius 3 is 2.79 bits per heavy atom. The lowest BCUT2D eigenvalue weighted by Gasteiger charge is -2.06. The van der Waals surface area contributed by atoms with Crippen molar-refractivity contribution >= 4 is 22.2 Å². The minimum absolute atomic E-state index is 0.200. The summed E-state index contributed by atoms with van der Waals surface area (Å²) in [5, 5.41) is 13.6. The molecule has 0 aliphatic heterocycles. The monoisotopic (exact) mass is 276 g/mol. The quantitative estimate of drug-likeness (QED) is 0.934. The summed E-state index contributed by atoms with van der Waals surface area (Å²) in [6.45, 7) is -0.200. The third-order valence-electron chi connectivity index (χ3n) is 2.22. The van der Waals surface area contributed by atoms with E-state index in [2.05, 4.69) is 5.32 Å². The topological polar surface area (TPSA) is 62.1 Å². The van der Waals surface area contributed by atoms with E-state index in [0.29, 0.717) is 16.3 Å². The first kappa shape index (κ1) is 13.1. The maximum absolute atomic E-state index is 12.7. The van der Waals surface area contributed by atoms with Gasteiger partial charge in [0.05, 0.1) is 5.56 Å². The van der Waals surface area contributed by atoms with Crippen LogP contribution in [0.1, 0.15) is 5.56 Å². The Morgan fingerprint density at radius 1 is 1.37 bits per heavy atom. The second-order valence-corrected chi connectivity index (χ2v) is 4.48. The molecule has 0 saturated carbocycles. The number of thiophene rings is 1. The first-order valence-electron chi connectivity index (χ1n) is 5.35. The number of hydrogen-bond acceptors (Lipinski definition) is 4. The summed E-state index contributed by atoms with van der Waals surface area (Å²) in [5.41, 5.74) is 0.417. The van der Waals surface area contributed by atoms with E-state index in [9.17, 15) is 9.18 Å². The molecule has 6 heteroatoms. The van der Waals surface area contributed by atoms with E-state index >= 15 is 0 Å². The Kier molecular flexibility index (Phi) is 4.11. The highest BCUT2D eigenvalue weighted by Crippen LogP contribution is 2.22. The van der Waals surface area contributed by atoms with Gasteiger partial charge in [-0.25, -0.2) is 4.39 Å². The van der Waals surface area contributed by atoms with Gasteiger partial charge in [-0.2, -0.15) is 5.26 Å². The van der Waals surface area contributed by atoms with Crippen molar-refractivity contribution in [3.63, 3.8) is 0 Å². The summed E-state index contributed by atoms with van der Waals surface area (Å²) in [5.74, 6) is -0.333. The number of ether oxygens (including phenoxy) is 1. The van der Waals surface area contributed by atoms with Gasteiger partial charge in [0.2, 0.25) is 0 Å². The van der Waals surface area contributed by atoms with E-state index in [0.717, 1.165) is 0 Å².